The zero-order valence-electron chi connectivity index (χ0n) is 10.7. The number of likely N-dealkylation sites (tertiary alicyclic amines) is 1. The van der Waals surface area contributed by atoms with E-state index in [0.717, 1.165) is 25.9 Å². The van der Waals surface area contributed by atoms with Crippen LogP contribution in [0.4, 0.5) is 0 Å². The minimum Gasteiger partial charge on any atom is -0.342 e. The van der Waals surface area contributed by atoms with Crippen molar-refractivity contribution in [3.8, 4) is 0 Å². The van der Waals surface area contributed by atoms with Crippen molar-refractivity contribution in [1.82, 2.24) is 4.90 Å². The van der Waals surface area contributed by atoms with Crippen LogP contribution >= 0.6 is 11.6 Å². The Morgan fingerprint density at radius 2 is 1.76 bits per heavy atom. The normalized spacial score (nSPS) is 27.1. The average Bonchev–Trinajstić information content (AvgIpc) is 2.40. The van der Waals surface area contributed by atoms with Crippen LogP contribution in [-0.4, -0.2) is 29.8 Å². The summed E-state index contributed by atoms with van der Waals surface area (Å²) in [6.45, 7) is 1.86. The van der Waals surface area contributed by atoms with Crippen LogP contribution in [0.25, 0.3) is 0 Å². The summed E-state index contributed by atoms with van der Waals surface area (Å²) in [5, 5.41) is 0. The molecule has 0 aromatic carbocycles. The molecule has 2 rings (SSSR count). The summed E-state index contributed by atoms with van der Waals surface area (Å²) in [5.41, 5.74) is 0. The van der Waals surface area contributed by atoms with Crippen LogP contribution in [0.1, 0.15) is 51.4 Å². The fraction of sp³-hybridized carbons (Fsp3) is 0.929. The largest absolute Gasteiger partial charge is 0.342 e. The van der Waals surface area contributed by atoms with E-state index in [1.54, 1.807) is 0 Å². The maximum Gasteiger partial charge on any atom is 0.222 e. The van der Waals surface area contributed by atoms with E-state index in [1.807, 2.05) is 0 Å². The van der Waals surface area contributed by atoms with Gasteiger partial charge in [-0.05, 0) is 37.5 Å². The molecule has 98 valence electrons. The molecule has 1 saturated heterocycles. The topological polar surface area (TPSA) is 20.3 Å². The van der Waals surface area contributed by atoms with E-state index in [2.05, 4.69) is 4.90 Å². The molecule has 2 fully saturated rings. The number of hydrogen-bond acceptors (Lipinski definition) is 1. The van der Waals surface area contributed by atoms with Gasteiger partial charge in [0.25, 0.3) is 0 Å². The second-order valence-corrected chi connectivity index (χ2v) is 6.02. The standard InChI is InChI=1S/C14H24ClNO/c15-10-13-7-4-8-16(11-13)14(17)9-12-5-2-1-3-6-12/h12-13H,1-11H2. The van der Waals surface area contributed by atoms with E-state index >= 15 is 0 Å². The van der Waals surface area contributed by atoms with Crippen molar-refractivity contribution in [3.05, 3.63) is 0 Å². The van der Waals surface area contributed by atoms with Crippen molar-refractivity contribution in [2.24, 2.45) is 11.8 Å². The second kappa shape index (κ2) is 6.63. The molecule has 1 aliphatic heterocycles. The molecule has 17 heavy (non-hydrogen) atoms. The van der Waals surface area contributed by atoms with Crippen LogP contribution in [0, 0.1) is 11.8 Å². The van der Waals surface area contributed by atoms with Gasteiger partial charge < -0.3 is 4.90 Å². The van der Waals surface area contributed by atoms with Crippen molar-refractivity contribution < 1.29 is 4.79 Å². The van der Waals surface area contributed by atoms with Gasteiger partial charge in [0.15, 0.2) is 0 Å². The Labute approximate surface area is 110 Å². The molecule has 1 heterocycles. The number of alkyl halides is 1. The molecule has 0 spiro atoms. The lowest BCUT2D eigenvalue weighted by Gasteiger charge is -2.33. The Balaban J connectivity index is 1.78. The lowest BCUT2D eigenvalue weighted by Crippen LogP contribution is -2.41. The molecule has 1 aliphatic carbocycles. The van der Waals surface area contributed by atoms with Gasteiger partial charge in [-0.3, -0.25) is 4.79 Å². The third kappa shape index (κ3) is 3.87. The van der Waals surface area contributed by atoms with Crippen molar-refractivity contribution in [2.45, 2.75) is 51.4 Å². The van der Waals surface area contributed by atoms with Crippen LogP contribution in [0.3, 0.4) is 0 Å². The lowest BCUT2D eigenvalue weighted by atomic mass is 9.86. The Morgan fingerprint density at radius 3 is 2.47 bits per heavy atom. The molecule has 0 bridgehead atoms. The predicted molar refractivity (Wildman–Crippen MR) is 71.2 cm³/mol. The summed E-state index contributed by atoms with van der Waals surface area (Å²) >= 11 is 5.90. The molecule has 1 amide bonds. The first-order chi connectivity index (χ1) is 8.29. The SMILES string of the molecule is O=C(CC1CCCCC1)N1CCCC(CCl)C1. The number of hydrogen-bond donors (Lipinski definition) is 0. The molecule has 2 aliphatic rings. The predicted octanol–water partition coefficient (Wildman–Crippen LogP) is 3.43. The van der Waals surface area contributed by atoms with Crippen LogP contribution in [0.5, 0.6) is 0 Å². The highest BCUT2D eigenvalue weighted by Crippen LogP contribution is 2.27. The smallest absolute Gasteiger partial charge is 0.222 e. The molecular formula is C14H24ClNO. The van der Waals surface area contributed by atoms with Crippen molar-refractivity contribution in [2.75, 3.05) is 19.0 Å². The molecule has 0 aromatic heterocycles. The van der Waals surface area contributed by atoms with Gasteiger partial charge in [-0.15, -0.1) is 11.6 Å². The van der Waals surface area contributed by atoms with E-state index in [1.165, 1.54) is 38.5 Å². The van der Waals surface area contributed by atoms with Gasteiger partial charge in [-0.2, -0.15) is 0 Å². The second-order valence-electron chi connectivity index (χ2n) is 5.71. The van der Waals surface area contributed by atoms with Crippen LogP contribution in [0.15, 0.2) is 0 Å². The van der Waals surface area contributed by atoms with Crippen LogP contribution < -0.4 is 0 Å². The molecular weight excluding hydrogens is 234 g/mol. The highest BCUT2D eigenvalue weighted by atomic mass is 35.5. The average molecular weight is 258 g/mol. The Morgan fingerprint density at radius 1 is 1.06 bits per heavy atom. The minimum absolute atomic E-state index is 0.381. The molecule has 2 nitrogen and oxygen atoms in total. The first kappa shape index (κ1) is 13.2. The van der Waals surface area contributed by atoms with Gasteiger partial charge in [0.1, 0.15) is 0 Å². The zero-order valence-corrected chi connectivity index (χ0v) is 11.4. The maximum absolute atomic E-state index is 12.2. The fourth-order valence-electron chi connectivity index (χ4n) is 3.18. The molecule has 1 atom stereocenters. The monoisotopic (exact) mass is 257 g/mol. The van der Waals surface area contributed by atoms with Crippen molar-refractivity contribution in [1.29, 1.82) is 0 Å². The highest BCUT2D eigenvalue weighted by molar-refractivity contribution is 6.18. The minimum atomic E-state index is 0.381. The number of carbonyl (C=O) groups excluding carboxylic acids is 1. The molecule has 1 saturated carbocycles. The Kier molecular flexibility index (Phi) is 5.15. The Bertz CT molecular complexity index is 251. The summed E-state index contributed by atoms with van der Waals surface area (Å²) in [4.78, 5) is 14.3. The van der Waals surface area contributed by atoms with E-state index in [4.69, 9.17) is 11.6 Å². The van der Waals surface area contributed by atoms with Gasteiger partial charge in [0, 0.05) is 25.4 Å². The van der Waals surface area contributed by atoms with Crippen LogP contribution in [-0.2, 0) is 4.79 Å². The third-order valence-corrected chi connectivity index (χ3v) is 4.71. The number of carbonyl (C=O) groups is 1. The maximum atomic E-state index is 12.2. The van der Waals surface area contributed by atoms with Gasteiger partial charge in [-0.25, -0.2) is 0 Å². The van der Waals surface area contributed by atoms with Crippen molar-refractivity contribution in [3.63, 3.8) is 0 Å². The van der Waals surface area contributed by atoms with E-state index in [-0.39, 0.29) is 0 Å². The summed E-state index contributed by atoms with van der Waals surface area (Å²) in [7, 11) is 0. The van der Waals surface area contributed by atoms with Gasteiger partial charge >= 0.3 is 0 Å². The van der Waals surface area contributed by atoms with Crippen LogP contribution in [0.2, 0.25) is 0 Å². The third-order valence-electron chi connectivity index (χ3n) is 4.28. The summed E-state index contributed by atoms with van der Waals surface area (Å²) < 4.78 is 0. The van der Waals surface area contributed by atoms with Gasteiger partial charge in [0.05, 0.1) is 0 Å². The van der Waals surface area contributed by atoms with Crippen molar-refractivity contribution >= 4 is 17.5 Å². The molecule has 1 unspecified atom stereocenters. The van der Waals surface area contributed by atoms with E-state index in [0.29, 0.717) is 23.6 Å². The number of rotatable bonds is 3. The molecule has 0 N–H and O–H groups in total. The molecule has 0 radical (unpaired) electrons. The highest BCUT2D eigenvalue weighted by Gasteiger charge is 2.25. The number of nitrogens with zero attached hydrogens (tertiary/aromatic N) is 1. The summed E-state index contributed by atoms with van der Waals surface area (Å²) in [6, 6.07) is 0. The first-order valence-electron chi connectivity index (χ1n) is 7.13. The quantitative estimate of drug-likeness (QED) is 0.710. The summed E-state index contributed by atoms with van der Waals surface area (Å²) in [6.07, 6.45) is 9.64. The number of piperidine rings is 1. The fourth-order valence-corrected chi connectivity index (χ4v) is 3.44. The number of amides is 1. The summed E-state index contributed by atoms with van der Waals surface area (Å²) in [5.74, 6) is 2.27. The van der Waals surface area contributed by atoms with E-state index < -0.39 is 0 Å². The Hall–Kier alpha value is -0.240. The van der Waals surface area contributed by atoms with E-state index in [9.17, 15) is 4.79 Å². The van der Waals surface area contributed by atoms with Gasteiger partial charge in [0.2, 0.25) is 5.91 Å². The number of halogens is 1. The van der Waals surface area contributed by atoms with Gasteiger partial charge in [-0.1, -0.05) is 19.3 Å². The zero-order chi connectivity index (χ0) is 12.1. The molecule has 3 heteroatoms. The molecule has 0 aromatic rings. The first-order valence-corrected chi connectivity index (χ1v) is 7.67. The lowest BCUT2D eigenvalue weighted by molar-refractivity contribution is -0.134.